The molecule has 7 heteroatoms. The van der Waals surface area contributed by atoms with Crippen molar-refractivity contribution in [2.45, 2.75) is 12.6 Å². The average Bonchev–Trinajstić information content (AvgIpc) is 3.09. The van der Waals surface area contributed by atoms with E-state index < -0.39 is 0 Å². The third kappa shape index (κ3) is 2.84. The van der Waals surface area contributed by atoms with Crippen LogP contribution in [-0.2, 0) is 11.3 Å². The lowest BCUT2D eigenvalue weighted by Crippen LogP contribution is -2.46. The van der Waals surface area contributed by atoms with E-state index in [-0.39, 0.29) is 12.6 Å². The van der Waals surface area contributed by atoms with Gasteiger partial charge >= 0.3 is 0 Å². The zero-order valence-corrected chi connectivity index (χ0v) is 11.2. The third-order valence-electron chi connectivity index (χ3n) is 3.15. The van der Waals surface area contributed by atoms with Crippen LogP contribution >= 0.6 is 11.3 Å². The molecule has 3 heterocycles. The van der Waals surface area contributed by atoms with Crippen molar-refractivity contribution in [3.63, 3.8) is 0 Å². The van der Waals surface area contributed by atoms with Gasteiger partial charge in [-0.25, -0.2) is 0 Å². The number of nitrogens with zero attached hydrogens (tertiary/aromatic N) is 3. The maximum atomic E-state index is 9.31. The minimum Gasteiger partial charge on any atom is -0.395 e. The van der Waals surface area contributed by atoms with E-state index in [4.69, 9.17) is 9.26 Å². The summed E-state index contributed by atoms with van der Waals surface area (Å²) < 4.78 is 10.6. The molecule has 2 aromatic rings. The first-order valence-corrected chi connectivity index (χ1v) is 7.09. The summed E-state index contributed by atoms with van der Waals surface area (Å²) in [4.78, 5) is 6.49. The Labute approximate surface area is 114 Å². The Hall–Kier alpha value is -1.28. The normalized spacial score (nSPS) is 20.8. The smallest absolute Gasteiger partial charge is 0.241 e. The maximum absolute atomic E-state index is 9.31. The van der Waals surface area contributed by atoms with E-state index in [0.29, 0.717) is 31.5 Å². The molecular weight excluding hydrogens is 266 g/mol. The Morgan fingerprint density at radius 1 is 1.53 bits per heavy atom. The quantitative estimate of drug-likeness (QED) is 0.901. The molecule has 1 aliphatic rings. The number of ether oxygens (including phenoxy) is 1. The highest BCUT2D eigenvalue weighted by molar-refractivity contribution is 7.08. The maximum Gasteiger partial charge on any atom is 0.241 e. The Morgan fingerprint density at radius 2 is 2.47 bits per heavy atom. The lowest BCUT2D eigenvalue weighted by molar-refractivity contribution is -0.0348. The summed E-state index contributed by atoms with van der Waals surface area (Å²) in [6.07, 6.45) is 0. The molecule has 0 amide bonds. The molecule has 1 N–H and O–H groups in total. The Morgan fingerprint density at radius 3 is 3.26 bits per heavy atom. The van der Waals surface area contributed by atoms with Crippen molar-refractivity contribution >= 4 is 11.3 Å². The highest BCUT2D eigenvalue weighted by Crippen LogP contribution is 2.19. The van der Waals surface area contributed by atoms with E-state index in [0.717, 1.165) is 12.1 Å². The molecule has 2 aromatic heterocycles. The highest BCUT2D eigenvalue weighted by atomic mass is 32.1. The molecule has 0 radical (unpaired) electrons. The fourth-order valence-corrected chi connectivity index (χ4v) is 2.70. The average molecular weight is 281 g/mol. The van der Waals surface area contributed by atoms with Gasteiger partial charge in [-0.15, -0.1) is 0 Å². The van der Waals surface area contributed by atoms with Gasteiger partial charge in [-0.1, -0.05) is 5.16 Å². The number of thiophene rings is 1. The molecule has 0 spiro atoms. The summed E-state index contributed by atoms with van der Waals surface area (Å²) in [5.41, 5.74) is 0.973. The van der Waals surface area contributed by atoms with Gasteiger partial charge in [-0.3, -0.25) is 4.90 Å². The van der Waals surface area contributed by atoms with E-state index in [1.807, 2.05) is 16.8 Å². The molecule has 1 atom stereocenters. The number of rotatable bonds is 4. The molecular formula is C12H15N3O3S. The van der Waals surface area contributed by atoms with Crippen molar-refractivity contribution in [3.05, 3.63) is 22.7 Å². The number of hydrogen-bond donors (Lipinski definition) is 1. The van der Waals surface area contributed by atoms with Crippen molar-refractivity contribution in [3.8, 4) is 11.4 Å². The van der Waals surface area contributed by atoms with Gasteiger partial charge in [0.2, 0.25) is 11.7 Å². The standard InChI is InChI=1S/C12H15N3O3S/c16-6-10-7-17-3-2-15(10)5-11-13-12(14-18-11)9-1-4-19-8-9/h1,4,8,10,16H,2-3,5-7H2. The molecule has 1 saturated heterocycles. The first-order valence-electron chi connectivity index (χ1n) is 6.14. The number of morpholine rings is 1. The molecule has 0 aromatic carbocycles. The zero-order valence-electron chi connectivity index (χ0n) is 10.4. The van der Waals surface area contributed by atoms with Gasteiger partial charge in [0.05, 0.1) is 32.4 Å². The van der Waals surface area contributed by atoms with Crippen molar-refractivity contribution in [1.29, 1.82) is 0 Å². The van der Waals surface area contributed by atoms with Crippen molar-refractivity contribution < 1.29 is 14.4 Å². The minimum atomic E-state index is 0.00486. The van der Waals surface area contributed by atoms with Crippen LogP contribution in [0.1, 0.15) is 5.89 Å². The van der Waals surface area contributed by atoms with Crippen LogP contribution in [0, 0.1) is 0 Å². The van der Waals surface area contributed by atoms with E-state index in [1.165, 1.54) is 0 Å². The van der Waals surface area contributed by atoms with E-state index in [1.54, 1.807) is 11.3 Å². The van der Waals surface area contributed by atoms with Crippen molar-refractivity contribution in [2.24, 2.45) is 0 Å². The van der Waals surface area contributed by atoms with Crippen LogP contribution in [0.4, 0.5) is 0 Å². The second-order valence-corrected chi connectivity index (χ2v) is 5.19. The van der Waals surface area contributed by atoms with E-state index in [9.17, 15) is 5.11 Å². The SMILES string of the molecule is OCC1COCCN1Cc1nc(-c2ccsc2)no1. The predicted octanol–water partition coefficient (Wildman–Crippen LogP) is 0.991. The second-order valence-electron chi connectivity index (χ2n) is 4.41. The van der Waals surface area contributed by atoms with E-state index >= 15 is 0 Å². The van der Waals surface area contributed by atoms with Crippen LogP contribution in [0.5, 0.6) is 0 Å². The Bertz CT molecular complexity index is 514. The monoisotopic (exact) mass is 281 g/mol. The predicted molar refractivity (Wildman–Crippen MR) is 69.7 cm³/mol. The van der Waals surface area contributed by atoms with Crippen LogP contribution in [-0.4, -0.2) is 52.6 Å². The summed E-state index contributed by atoms with van der Waals surface area (Å²) >= 11 is 1.60. The fourth-order valence-electron chi connectivity index (χ4n) is 2.07. The first kappa shape index (κ1) is 12.7. The Balaban J connectivity index is 1.69. The second kappa shape index (κ2) is 5.79. The lowest BCUT2D eigenvalue weighted by Gasteiger charge is -2.33. The number of aliphatic hydroxyl groups excluding tert-OH is 1. The first-order chi connectivity index (χ1) is 9.36. The molecule has 0 aliphatic carbocycles. The summed E-state index contributed by atoms with van der Waals surface area (Å²) in [5, 5.41) is 17.3. The summed E-state index contributed by atoms with van der Waals surface area (Å²) in [5.74, 6) is 1.19. The molecule has 3 rings (SSSR count). The van der Waals surface area contributed by atoms with Gasteiger partial charge in [0.1, 0.15) is 0 Å². The molecule has 0 bridgehead atoms. The third-order valence-corrected chi connectivity index (χ3v) is 3.83. The molecule has 1 fully saturated rings. The van der Waals surface area contributed by atoms with Crippen LogP contribution in [0.3, 0.4) is 0 Å². The zero-order chi connectivity index (χ0) is 13.1. The topological polar surface area (TPSA) is 71.6 Å². The molecule has 1 unspecified atom stereocenters. The minimum absolute atomic E-state index is 0.00486. The molecule has 1 aliphatic heterocycles. The van der Waals surface area contributed by atoms with Gasteiger partial charge in [0, 0.05) is 17.5 Å². The summed E-state index contributed by atoms with van der Waals surface area (Å²) in [7, 11) is 0. The highest BCUT2D eigenvalue weighted by Gasteiger charge is 2.24. The fraction of sp³-hybridized carbons (Fsp3) is 0.500. The Kier molecular flexibility index (Phi) is 3.88. The molecule has 0 saturated carbocycles. The molecule has 19 heavy (non-hydrogen) atoms. The van der Waals surface area contributed by atoms with Gasteiger partial charge in [-0.05, 0) is 11.4 Å². The summed E-state index contributed by atoms with van der Waals surface area (Å²) in [6, 6.07) is 1.97. The van der Waals surface area contributed by atoms with Gasteiger partial charge < -0.3 is 14.4 Å². The van der Waals surface area contributed by atoms with Crippen molar-refractivity contribution in [1.82, 2.24) is 15.0 Å². The van der Waals surface area contributed by atoms with Gasteiger partial charge in [0.15, 0.2) is 0 Å². The lowest BCUT2D eigenvalue weighted by atomic mass is 10.2. The van der Waals surface area contributed by atoms with Gasteiger partial charge in [0.25, 0.3) is 0 Å². The number of hydrogen-bond acceptors (Lipinski definition) is 7. The van der Waals surface area contributed by atoms with Crippen molar-refractivity contribution in [2.75, 3.05) is 26.4 Å². The molecule has 6 nitrogen and oxygen atoms in total. The van der Waals surface area contributed by atoms with Crippen LogP contribution in [0.2, 0.25) is 0 Å². The number of aliphatic hydroxyl groups is 1. The number of aromatic nitrogens is 2. The van der Waals surface area contributed by atoms with Gasteiger partial charge in [-0.2, -0.15) is 16.3 Å². The van der Waals surface area contributed by atoms with Crippen LogP contribution in [0.15, 0.2) is 21.3 Å². The van der Waals surface area contributed by atoms with E-state index in [2.05, 4.69) is 15.0 Å². The summed E-state index contributed by atoms with van der Waals surface area (Å²) in [6.45, 7) is 2.60. The van der Waals surface area contributed by atoms with Crippen LogP contribution < -0.4 is 0 Å². The largest absolute Gasteiger partial charge is 0.395 e. The molecule has 102 valence electrons. The van der Waals surface area contributed by atoms with Crippen LogP contribution in [0.25, 0.3) is 11.4 Å².